The van der Waals surface area contributed by atoms with Gasteiger partial charge in [0.2, 0.25) is 0 Å². The summed E-state index contributed by atoms with van der Waals surface area (Å²) < 4.78 is 11.7. The zero-order valence-electron chi connectivity index (χ0n) is 23.3. The molecule has 0 aliphatic carbocycles. The number of ether oxygens (including phenoxy) is 2. The Hall–Kier alpha value is -4.15. The quantitative estimate of drug-likeness (QED) is 0.115. The van der Waals surface area contributed by atoms with Crippen LogP contribution in [0.25, 0.3) is 11.1 Å². The average molecular weight is 520 g/mol. The van der Waals surface area contributed by atoms with Crippen LogP contribution >= 0.6 is 0 Å². The first-order chi connectivity index (χ1) is 19.0. The summed E-state index contributed by atoms with van der Waals surface area (Å²) in [6.45, 7) is 5.72. The van der Waals surface area contributed by atoms with Gasteiger partial charge in [-0.2, -0.15) is 0 Å². The number of benzene rings is 4. The SMILES string of the molecule is CC/C(=C(\c1ccc(OCCN(C)C)cc1)c1ccc(OC(=O)c2ccccc2CC)cc1)c1ccccc1. The van der Waals surface area contributed by atoms with Crippen molar-refractivity contribution < 1.29 is 14.3 Å². The second kappa shape index (κ2) is 13.6. The van der Waals surface area contributed by atoms with E-state index in [9.17, 15) is 4.79 Å². The summed E-state index contributed by atoms with van der Waals surface area (Å²) in [5, 5.41) is 0. The van der Waals surface area contributed by atoms with Crippen LogP contribution in [0.15, 0.2) is 103 Å². The molecule has 0 saturated carbocycles. The third kappa shape index (κ3) is 7.24. The number of allylic oxidation sites excluding steroid dienone is 1. The van der Waals surface area contributed by atoms with Crippen molar-refractivity contribution in [3.8, 4) is 11.5 Å². The molecule has 0 amide bonds. The van der Waals surface area contributed by atoms with E-state index in [2.05, 4.69) is 48.2 Å². The first-order valence-corrected chi connectivity index (χ1v) is 13.6. The number of likely N-dealkylation sites (N-methyl/N-ethyl adjacent to an activating group) is 1. The third-order valence-electron chi connectivity index (χ3n) is 6.70. The van der Waals surface area contributed by atoms with Crippen molar-refractivity contribution >= 4 is 17.1 Å². The summed E-state index contributed by atoms with van der Waals surface area (Å²) in [4.78, 5) is 15.0. The third-order valence-corrected chi connectivity index (χ3v) is 6.70. The van der Waals surface area contributed by atoms with E-state index in [-0.39, 0.29) is 5.97 Å². The van der Waals surface area contributed by atoms with Crippen LogP contribution in [0.5, 0.6) is 11.5 Å². The van der Waals surface area contributed by atoms with Crippen molar-refractivity contribution in [3.05, 3.63) is 131 Å². The number of hydrogen-bond donors (Lipinski definition) is 0. The van der Waals surface area contributed by atoms with E-state index in [1.165, 1.54) is 11.1 Å². The van der Waals surface area contributed by atoms with Crippen molar-refractivity contribution in [2.24, 2.45) is 0 Å². The van der Waals surface area contributed by atoms with Crippen LogP contribution in [0.4, 0.5) is 0 Å². The largest absolute Gasteiger partial charge is 0.492 e. The van der Waals surface area contributed by atoms with Crippen molar-refractivity contribution in [3.63, 3.8) is 0 Å². The summed E-state index contributed by atoms with van der Waals surface area (Å²) >= 11 is 0. The van der Waals surface area contributed by atoms with Crippen molar-refractivity contribution in [1.82, 2.24) is 4.90 Å². The number of rotatable bonds is 11. The fourth-order valence-electron chi connectivity index (χ4n) is 4.62. The number of carbonyl (C=O) groups is 1. The molecule has 0 N–H and O–H groups in total. The maximum atomic E-state index is 12.9. The van der Waals surface area contributed by atoms with Crippen LogP contribution in [0.3, 0.4) is 0 Å². The molecule has 0 unspecified atom stereocenters. The summed E-state index contributed by atoms with van der Waals surface area (Å²) in [6.07, 6.45) is 1.64. The lowest BCUT2D eigenvalue weighted by Crippen LogP contribution is -2.19. The van der Waals surface area contributed by atoms with E-state index in [0.717, 1.165) is 47.4 Å². The molecule has 39 heavy (non-hydrogen) atoms. The Morgan fingerprint density at radius 2 is 1.28 bits per heavy atom. The Balaban J connectivity index is 1.66. The monoisotopic (exact) mass is 519 g/mol. The van der Waals surface area contributed by atoms with Gasteiger partial charge in [-0.1, -0.05) is 86.6 Å². The number of carbonyl (C=O) groups excluding carboxylic acids is 1. The van der Waals surface area contributed by atoms with Gasteiger partial charge < -0.3 is 14.4 Å². The van der Waals surface area contributed by atoms with Gasteiger partial charge in [0, 0.05) is 6.54 Å². The van der Waals surface area contributed by atoms with E-state index in [1.807, 2.05) is 87.7 Å². The van der Waals surface area contributed by atoms with Gasteiger partial charge in [-0.25, -0.2) is 4.79 Å². The van der Waals surface area contributed by atoms with E-state index < -0.39 is 0 Å². The highest BCUT2D eigenvalue weighted by atomic mass is 16.5. The maximum Gasteiger partial charge on any atom is 0.343 e. The second-order valence-electron chi connectivity index (χ2n) is 9.67. The van der Waals surface area contributed by atoms with E-state index >= 15 is 0 Å². The zero-order valence-corrected chi connectivity index (χ0v) is 23.3. The molecule has 0 atom stereocenters. The highest BCUT2D eigenvalue weighted by molar-refractivity contribution is 5.99. The molecule has 0 saturated heterocycles. The minimum atomic E-state index is -0.334. The lowest BCUT2D eigenvalue weighted by Gasteiger charge is -2.17. The second-order valence-corrected chi connectivity index (χ2v) is 9.67. The van der Waals surface area contributed by atoms with Crippen LogP contribution in [-0.4, -0.2) is 38.1 Å². The molecule has 0 bridgehead atoms. The fraction of sp³-hybridized carbons (Fsp3) is 0.229. The predicted octanol–water partition coefficient (Wildman–Crippen LogP) is 7.78. The van der Waals surface area contributed by atoms with Crippen molar-refractivity contribution in [2.45, 2.75) is 26.7 Å². The molecule has 0 aliphatic heterocycles. The predicted molar refractivity (Wildman–Crippen MR) is 160 cm³/mol. The average Bonchev–Trinajstić information content (AvgIpc) is 2.97. The minimum absolute atomic E-state index is 0.334. The van der Waals surface area contributed by atoms with Crippen LogP contribution in [0, 0.1) is 0 Å². The molecule has 0 fully saturated rings. The first kappa shape index (κ1) is 27.9. The minimum Gasteiger partial charge on any atom is -0.492 e. The topological polar surface area (TPSA) is 38.8 Å². The Kier molecular flexibility index (Phi) is 9.71. The molecular formula is C35H37NO3. The van der Waals surface area contributed by atoms with Gasteiger partial charge >= 0.3 is 5.97 Å². The fourth-order valence-corrected chi connectivity index (χ4v) is 4.62. The van der Waals surface area contributed by atoms with Crippen LogP contribution < -0.4 is 9.47 Å². The molecule has 0 aromatic heterocycles. The van der Waals surface area contributed by atoms with Gasteiger partial charge in [-0.3, -0.25) is 0 Å². The van der Waals surface area contributed by atoms with Crippen LogP contribution in [0.1, 0.15) is 52.9 Å². The normalized spacial score (nSPS) is 11.7. The number of esters is 1. The Bertz CT molecular complexity index is 1390. The van der Waals surface area contributed by atoms with Gasteiger partial charge in [0.25, 0.3) is 0 Å². The molecule has 4 rings (SSSR count). The summed E-state index contributed by atoms with van der Waals surface area (Å²) in [7, 11) is 4.07. The Labute approximate surface area is 232 Å². The molecule has 4 aromatic carbocycles. The van der Waals surface area contributed by atoms with Crippen LogP contribution in [-0.2, 0) is 6.42 Å². The molecule has 4 aromatic rings. The molecule has 4 heteroatoms. The van der Waals surface area contributed by atoms with Crippen LogP contribution in [0.2, 0.25) is 0 Å². The highest BCUT2D eigenvalue weighted by Gasteiger charge is 2.16. The van der Waals surface area contributed by atoms with Crippen molar-refractivity contribution in [2.75, 3.05) is 27.2 Å². The maximum absolute atomic E-state index is 12.9. The first-order valence-electron chi connectivity index (χ1n) is 13.6. The van der Waals surface area contributed by atoms with E-state index in [1.54, 1.807) is 0 Å². The number of aryl methyl sites for hydroxylation is 1. The molecule has 0 aliphatic rings. The standard InChI is InChI=1S/C35H37NO3/c1-5-26-12-10-11-15-33(26)35(37)39-31-22-18-29(19-23-31)34(32(6-2)27-13-8-7-9-14-27)28-16-20-30(21-17-28)38-25-24-36(3)4/h7-23H,5-6,24-25H2,1-4H3/b34-32-. The Morgan fingerprint density at radius 1 is 0.692 bits per heavy atom. The smallest absolute Gasteiger partial charge is 0.343 e. The highest BCUT2D eigenvalue weighted by Crippen LogP contribution is 2.35. The lowest BCUT2D eigenvalue weighted by molar-refractivity contribution is 0.0733. The lowest BCUT2D eigenvalue weighted by atomic mass is 9.88. The molecule has 4 nitrogen and oxygen atoms in total. The number of hydrogen-bond acceptors (Lipinski definition) is 4. The van der Waals surface area contributed by atoms with Gasteiger partial charge in [0.15, 0.2) is 0 Å². The summed E-state index contributed by atoms with van der Waals surface area (Å²) in [5.74, 6) is 1.04. The Morgan fingerprint density at radius 3 is 1.87 bits per heavy atom. The molecule has 0 radical (unpaired) electrons. The van der Waals surface area contributed by atoms with E-state index in [4.69, 9.17) is 9.47 Å². The van der Waals surface area contributed by atoms with Gasteiger partial charge in [0.1, 0.15) is 18.1 Å². The summed E-state index contributed by atoms with van der Waals surface area (Å²) in [5.41, 5.74) is 7.34. The molecular weight excluding hydrogens is 482 g/mol. The molecule has 200 valence electrons. The zero-order chi connectivity index (χ0) is 27.6. The van der Waals surface area contributed by atoms with E-state index in [0.29, 0.717) is 17.9 Å². The molecule has 0 spiro atoms. The van der Waals surface area contributed by atoms with Crippen molar-refractivity contribution in [1.29, 1.82) is 0 Å². The van der Waals surface area contributed by atoms with Gasteiger partial charge in [-0.05, 0) is 90.7 Å². The number of nitrogens with zero attached hydrogens (tertiary/aromatic N) is 1. The summed E-state index contributed by atoms with van der Waals surface area (Å²) in [6, 6.07) is 34.2. The van der Waals surface area contributed by atoms with Gasteiger partial charge in [-0.15, -0.1) is 0 Å². The molecule has 0 heterocycles. The van der Waals surface area contributed by atoms with Gasteiger partial charge in [0.05, 0.1) is 5.56 Å².